The van der Waals surface area contributed by atoms with Crippen LogP contribution in [0.25, 0.3) is 0 Å². The van der Waals surface area contributed by atoms with Crippen LogP contribution in [-0.4, -0.2) is 45.9 Å². The monoisotopic (exact) mass is 438 g/mol. The molecular weight excluding hydrogens is 414 g/mol. The molecule has 1 aliphatic rings. The average molecular weight is 439 g/mol. The highest BCUT2D eigenvalue weighted by molar-refractivity contribution is 6.30. The third-order valence-corrected chi connectivity index (χ3v) is 4.93. The first-order valence-corrected chi connectivity index (χ1v) is 10.0. The van der Waals surface area contributed by atoms with E-state index in [9.17, 15) is 8.78 Å². The summed E-state index contributed by atoms with van der Waals surface area (Å²) in [5, 5.41) is 6.83. The van der Waals surface area contributed by atoms with Gasteiger partial charge in [0.2, 0.25) is 0 Å². The summed E-state index contributed by atoms with van der Waals surface area (Å²) in [5.41, 5.74) is 2.80. The maximum absolute atomic E-state index is 12.6. The van der Waals surface area contributed by atoms with Crippen molar-refractivity contribution in [1.82, 2.24) is 10.6 Å². The average Bonchev–Trinajstić information content (AvgIpc) is 2.76. The molecule has 0 spiro atoms. The zero-order valence-electron chi connectivity index (χ0n) is 16.7. The van der Waals surface area contributed by atoms with E-state index in [1.54, 1.807) is 13.1 Å². The Morgan fingerprint density at radius 1 is 1.13 bits per heavy atom. The zero-order chi connectivity index (χ0) is 21.3. The van der Waals surface area contributed by atoms with Crippen LogP contribution >= 0.6 is 11.6 Å². The lowest BCUT2D eigenvalue weighted by atomic mass is 10.1. The van der Waals surface area contributed by atoms with E-state index in [4.69, 9.17) is 16.3 Å². The number of nitrogens with zero attached hydrogens (tertiary/aromatic N) is 2. The lowest BCUT2D eigenvalue weighted by molar-refractivity contribution is -0.0504. The number of anilines is 1. The molecule has 0 unspecified atom stereocenters. The van der Waals surface area contributed by atoms with Gasteiger partial charge in [-0.15, -0.1) is 0 Å². The van der Waals surface area contributed by atoms with Crippen LogP contribution in [0.5, 0.6) is 5.75 Å². The van der Waals surface area contributed by atoms with E-state index >= 15 is 0 Å². The molecule has 0 aliphatic carbocycles. The molecule has 0 amide bonds. The molecule has 3 rings (SSSR count). The van der Waals surface area contributed by atoms with Crippen LogP contribution in [0.15, 0.2) is 47.5 Å². The van der Waals surface area contributed by atoms with E-state index in [1.807, 2.05) is 12.1 Å². The van der Waals surface area contributed by atoms with E-state index in [1.165, 1.54) is 12.1 Å². The highest BCUT2D eigenvalue weighted by Gasteiger charge is 2.15. The Balaban J connectivity index is 1.62. The Hall–Kier alpha value is -2.58. The zero-order valence-corrected chi connectivity index (χ0v) is 17.5. The lowest BCUT2D eigenvalue weighted by Crippen LogP contribution is -2.39. The van der Waals surface area contributed by atoms with Crippen molar-refractivity contribution in [3.63, 3.8) is 0 Å². The summed E-state index contributed by atoms with van der Waals surface area (Å²) < 4.78 is 35.3. The summed E-state index contributed by atoms with van der Waals surface area (Å²) in [6.45, 7) is 1.02. The molecule has 6 nitrogen and oxygen atoms in total. The molecule has 1 heterocycles. The number of morpholine rings is 1. The molecule has 0 radical (unpaired) electrons. The van der Waals surface area contributed by atoms with Crippen LogP contribution in [0.1, 0.15) is 11.1 Å². The third-order valence-electron chi connectivity index (χ3n) is 4.70. The van der Waals surface area contributed by atoms with E-state index in [-0.39, 0.29) is 12.3 Å². The minimum atomic E-state index is -2.90. The molecule has 30 heavy (non-hydrogen) atoms. The van der Waals surface area contributed by atoms with Gasteiger partial charge in [0.15, 0.2) is 5.96 Å². The van der Waals surface area contributed by atoms with Crippen LogP contribution in [0, 0.1) is 0 Å². The minimum Gasteiger partial charge on any atom is -0.434 e. The third kappa shape index (κ3) is 6.21. The van der Waals surface area contributed by atoms with Gasteiger partial charge in [-0.25, -0.2) is 0 Å². The minimum absolute atomic E-state index is 0.0787. The standard InChI is InChI=1S/C21H25ClF2N4O2/c1-25-21(27-14-16-12-17(22)6-7-19(16)30-20(23)24)26-13-15-4-2-3-5-18(15)28-8-10-29-11-9-28/h2-7,12,20H,8-11,13-14H2,1H3,(H2,25,26,27). The fraction of sp³-hybridized carbons (Fsp3) is 0.381. The second kappa shape index (κ2) is 11.0. The Kier molecular flexibility index (Phi) is 8.10. The molecule has 2 aromatic carbocycles. The molecule has 2 aromatic rings. The van der Waals surface area contributed by atoms with Crippen molar-refractivity contribution in [3.05, 3.63) is 58.6 Å². The molecule has 0 saturated carbocycles. The van der Waals surface area contributed by atoms with E-state index in [2.05, 4.69) is 37.4 Å². The number of ether oxygens (including phenoxy) is 2. The van der Waals surface area contributed by atoms with Crippen molar-refractivity contribution >= 4 is 23.2 Å². The quantitative estimate of drug-likeness (QED) is 0.510. The second-order valence-electron chi connectivity index (χ2n) is 6.64. The normalized spacial score (nSPS) is 14.7. The van der Waals surface area contributed by atoms with Gasteiger partial charge in [-0.05, 0) is 29.8 Å². The fourth-order valence-electron chi connectivity index (χ4n) is 3.25. The summed E-state index contributed by atoms with van der Waals surface area (Å²) >= 11 is 6.00. The van der Waals surface area contributed by atoms with Gasteiger partial charge in [-0.3, -0.25) is 4.99 Å². The summed E-state index contributed by atoms with van der Waals surface area (Å²) in [6, 6.07) is 12.7. The molecule has 9 heteroatoms. The van der Waals surface area contributed by atoms with Crippen molar-refractivity contribution < 1.29 is 18.3 Å². The topological polar surface area (TPSA) is 58.1 Å². The van der Waals surface area contributed by atoms with Crippen LogP contribution in [0.3, 0.4) is 0 Å². The molecule has 162 valence electrons. The van der Waals surface area contributed by atoms with Gasteiger partial charge in [0.05, 0.1) is 13.2 Å². The number of rotatable bonds is 7. The van der Waals surface area contributed by atoms with Gasteiger partial charge in [0.25, 0.3) is 0 Å². The Labute approximate surface area is 179 Å². The van der Waals surface area contributed by atoms with Crippen LogP contribution in [0.2, 0.25) is 5.02 Å². The largest absolute Gasteiger partial charge is 0.434 e. The molecule has 0 aromatic heterocycles. The van der Waals surface area contributed by atoms with Gasteiger partial charge in [0.1, 0.15) is 5.75 Å². The van der Waals surface area contributed by atoms with Crippen molar-refractivity contribution in [3.8, 4) is 5.75 Å². The smallest absolute Gasteiger partial charge is 0.387 e. The van der Waals surface area contributed by atoms with Gasteiger partial charge in [-0.1, -0.05) is 29.8 Å². The predicted molar refractivity (Wildman–Crippen MR) is 115 cm³/mol. The number of para-hydroxylation sites is 1. The Morgan fingerprint density at radius 2 is 1.83 bits per heavy atom. The van der Waals surface area contributed by atoms with E-state index < -0.39 is 6.61 Å². The fourth-order valence-corrected chi connectivity index (χ4v) is 3.44. The number of halogens is 3. The maximum atomic E-state index is 12.6. The van der Waals surface area contributed by atoms with Gasteiger partial charge in [0, 0.05) is 49.5 Å². The summed E-state index contributed by atoms with van der Waals surface area (Å²) in [6.07, 6.45) is 0. The summed E-state index contributed by atoms with van der Waals surface area (Å²) in [5.74, 6) is 0.616. The number of guanidine groups is 1. The van der Waals surface area contributed by atoms with E-state index in [0.29, 0.717) is 36.3 Å². The second-order valence-corrected chi connectivity index (χ2v) is 7.07. The van der Waals surface area contributed by atoms with Crippen molar-refractivity contribution in [2.45, 2.75) is 19.7 Å². The SMILES string of the molecule is CN=C(NCc1cc(Cl)ccc1OC(F)F)NCc1ccccc1N1CCOCC1. The molecule has 0 atom stereocenters. The number of aliphatic imine (C=N–C) groups is 1. The van der Waals surface area contributed by atoms with E-state index in [0.717, 1.165) is 24.3 Å². The molecule has 1 aliphatic heterocycles. The summed E-state index contributed by atoms with van der Waals surface area (Å²) in [7, 11) is 1.65. The van der Waals surface area contributed by atoms with Crippen molar-refractivity contribution in [2.24, 2.45) is 4.99 Å². The lowest BCUT2D eigenvalue weighted by Gasteiger charge is -2.30. The first-order chi connectivity index (χ1) is 14.6. The van der Waals surface area contributed by atoms with Crippen molar-refractivity contribution in [1.29, 1.82) is 0 Å². The Morgan fingerprint density at radius 3 is 2.53 bits per heavy atom. The summed E-state index contributed by atoms with van der Waals surface area (Å²) in [4.78, 5) is 6.51. The molecule has 2 N–H and O–H groups in total. The number of hydrogen-bond donors (Lipinski definition) is 2. The molecule has 1 fully saturated rings. The van der Waals surface area contributed by atoms with Crippen LogP contribution < -0.4 is 20.3 Å². The number of benzene rings is 2. The first kappa shape index (κ1) is 22.1. The maximum Gasteiger partial charge on any atom is 0.387 e. The van der Waals surface area contributed by atoms with Gasteiger partial charge in [-0.2, -0.15) is 8.78 Å². The molecular formula is C21H25ClF2N4O2. The molecule has 0 bridgehead atoms. The van der Waals surface area contributed by atoms with Crippen LogP contribution in [0.4, 0.5) is 14.5 Å². The predicted octanol–water partition coefficient (Wildman–Crippen LogP) is 3.64. The highest BCUT2D eigenvalue weighted by Crippen LogP contribution is 2.24. The van der Waals surface area contributed by atoms with Crippen molar-refractivity contribution in [2.75, 3.05) is 38.3 Å². The number of hydrogen-bond acceptors (Lipinski definition) is 4. The highest BCUT2D eigenvalue weighted by atomic mass is 35.5. The number of alkyl halides is 2. The molecule has 1 saturated heterocycles. The first-order valence-electron chi connectivity index (χ1n) is 9.65. The van der Waals surface area contributed by atoms with Crippen LogP contribution in [-0.2, 0) is 17.8 Å². The van der Waals surface area contributed by atoms with Gasteiger partial charge >= 0.3 is 6.61 Å². The number of nitrogens with one attached hydrogen (secondary N) is 2. The van der Waals surface area contributed by atoms with Gasteiger partial charge < -0.3 is 25.0 Å². The Bertz CT molecular complexity index is 861.